The number of anilines is 1. The third-order valence-corrected chi connectivity index (χ3v) is 3.83. The summed E-state index contributed by atoms with van der Waals surface area (Å²) < 4.78 is 1.72. The van der Waals surface area contributed by atoms with E-state index < -0.39 is 5.54 Å². The summed E-state index contributed by atoms with van der Waals surface area (Å²) >= 11 is 0. The first-order chi connectivity index (χ1) is 9.20. The van der Waals surface area contributed by atoms with Gasteiger partial charge in [-0.05, 0) is 24.7 Å². The number of carbonyl (C=O) groups excluding carboxylic acids is 1. The Morgan fingerprint density at radius 3 is 2.52 bits per heavy atom. The number of rotatable bonds is 3. The Hall–Kier alpha value is -1.07. The van der Waals surface area contributed by atoms with Gasteiger partial charge in [-0.2, -0.15) is 5.10 Å². The van der Waals surface area contributed by atoms with Crippen molar-refractivity contribution in [1.29, 1.82) is 0 Å². The van der Waals surface area contributed by atoms with Crippen LogP contribution in [-0.2, 0) is 18.3 Å². The molecule has 0 radical (unpaired) electrons. The highest BCUT2D eigenvalue weighted by atomic mass is 35.5. The molecule has 0 bridgehead atoms. The number of nitrogens with two attached hydrogens (primary N) is 1. The van der Waals surface area contributed by atoms with Gasteiger partial charge in [-0.15, -0.1) is 12.4 Å². The number of hydrogen-bond donors (Lipinski definition) is 2. The van der Waals surface area contributed by atoms with E-state index in [1.165, 1.54) is 0 Å². The predicted octanol–water partition coefficient (Wildman–Crippen LogP) is 2.64. The van der Waals surface area contributed by atoms with Gasteiger partial charge >= 0.3 is 0 Å². The van der Waals surface area contributed by atoms with Crippen molar-refractivity contribution < 1.29 is 4.79 Å². The molecule has 21 heavy (non-hydrogen) atoms. The second-order valence-corrected chi connectivity index (χ2v) is 7.20. The van der Waals surface area contributed by atoms with E-state index in [2.05, 4.69) is 31.2 Å². The van der Waals surface area contributed by atoms with Crippen LogP contribution in [0.1, 0.15) is 52.1 Å². The van der Waals surface area contributed by atoms with Crippen LogP contribution in [0.2, 0.25) is 0 Å². The molecule has 1 fully saturated rings. The van der Waals surface area contributed by atoms with Gasteiger partial charge in [-0.3, -0.25) is 9.48 Å². The zero-order chi connectivity index (χ0) is 15.0. The van der Waals surface area contributed by atoms with Gasteiger partial charge in [0, 0.05) is 13.1 Å². The summed E-state index contributed by atoms with van der Waals surface area (Å²) in [5.41, 5.74) is 6.64. The topological polar surface area (TPSA) is 72.9 Å². The van der Waals surface area contributed by atoms with Crippen LogP contribution in [-0.4, -0.2) is 21.2 Å². The molecule has 1 aromatic rings. The quantitative estimate of drug-likeness (QED) is 0.900. The molecule has 0 aromatic carbocycles. The van der Waals surface area contributed by atoms with Crippen LogP contribution in [0.4, 0.5) is 5.82 Å². The Labute approximate surface area is 133 Å². The Kier molecular flexibility index (Phi) is 5.45. The number of halogens is 1. The molecule has 0 spiro atoms. The summed E-state index contributed by atoms with van der Waals surface area (Å²) in [7, 11) is 1.85. The smallest absolute Gasteiger partial charge is 0.245 e. The summed E-state index contributed by atoms with van der Waals surface area (Å²) in [6.45, 7) is 6.52. The van der Waals surface area contributed by atoms with Gasteiger partial charge in [-0.1, -0.05) is 33.6 Å². The summed E-state index contributed by atoms with van der Waals surface area (Å²) in [6.07, 6.45) is 4.48. The molecule has 1 aliphatic rings. The number of aromatic nitrogens is 2. The highest BCUT2D eigenvalue weighted by Crippen LogP contribution is 2.29. The van der Waals surface area contributed by atoms with Gasteiger partial charge in [0.05, 0.1) is 11.2 Å². The van der Waals surface area contributed by atoms with E-state index in [-0.39, 0.29) is 23.7 Å². The van der Waals surface area contributed by atoms with Crippen molar-refractivity contribution in [2.45, 2.75) is 58.4 Å². The lowest BCUT2D eigenvalue weighted by Crippen LogP contribution is -2.48. The average molecular weight is 315 g/mol. The van der Waals surface area contributed by atoms with Crippen molar-refractivity contribution in [2.75, 3.05) is 5.32 Å². The van der Waals surface area contributed by atoms with E-state index in [1.54, 1.807) is 4.68 Å². The van der Waals surface area contributed by atoms with Crippen LogP contribution in [0.5, 0.6) is 0 Å². The van der Waals surface area contributed by atoms with Gasteiger partial charge < -0.3 is 11.1 Å². The molecule has 1 amide bonds. The molecule has 120 valence electrons. The van der Waals surface area contributed by atoms with Crippen LogP contribution < -0.4 is 11.1 Å². The summed E-state index contributed by atoms with van der Waals surface area (Å²) in [5, 5.41) is 7.39. The van der Waals surface area contributed by atoms with E-state index in [0.29, 0.717) is 0 Å². The fourth-order valence-electron chi connectivity index (χ4n) is 2.75. The van der Waals surface area contributed by atoms with Crippen LogP contribution in [0, 0.1) is 5.41 Å². The van der Waals surface area contributed by atoms with Crippen molar-refractivity contribution in [2.24, 2.45) is 18.2 Å². The van der Waals surface area contributed by atoms with Crippen LogP contribution >= 0.6 is 12.4 Å². The maximum Gasteiger partial charge on any atom is 0.245 e. The Morgan fingerprint density at radius 2 is 2.00 bits per heavy atom. The van der Waals surface area contributed by atoms with Crippen LogP contribution in [0.3, 0.4) is 0 Å². The number of carbonyl (C=O) groups is 1. The molecule has 1 aliphatic carbocycles. The molecule has 1 saturated carbocycles. The van der Waals surface area contributed by atoms with Crippen molar-refractivity contribution in [3.05, 3.63) is 11.8 Å². The van der Waals surface area contributed by atoms with Gasteiger partial charge in [0.2, 0.25) is 5.91 Å². The fourth-order valence-corrected chi connectivity index (χ4v) is 2.75. The number of nitrogens with zero attached hydrogens (tertiary/aromatic N) is 2. The minimum absolute atomic E-state index is 0. The van der Waals surface area contributed by atoms with Gasteiger partial charge in [0.15, 0.2) is 0 Å². The van der Waals surface area contributed by atoms with E-state index >= 15 is 0 Å². The van der Waals surface area contributed by atoms with E-state index in [4.69, 9.17) is 5.73 Å². The molecular formula is C15H27ClN4O. The van der Waals surface area contributed by atoms with Crippen molar-refractivity contribution in [1.82, 2.24) is 9.78 Å². The second kappa shape index (κ2) is 6.36. The summed E-state index contributed by atoms with van der Waals surface area (Å²) in [4.78, 5) is 12.3. The molecule has 6 heteroatoms. The third kappa shape index (κ3) is 4.45. The number of aryl methyl sites for hydroxylation is 1. The molecule has 0 atom stereocenters. The van der Waals surface area contributed by atoms with Crippen molar-refractivity contribution in [3.63, 3.8) is 0 Å². The normalized spacial score (nSPS) is 17.4. The highest BCUT2D eigenvalue weighted by Gasteiger charge is 2.37. The number of amides is 1. The molecule has 0 unspecified atom stereocenters. The molecule has 2 rings (SSSR count). The van der Waals surface area contributed by atoms with E-state index in [9.17, 15) is 4.79 Å². The Morgan fingerprint density at radius 1 is 1.43 bits per heavy atom. The molecule has 3 N–H and O–H groups in total. The van der Waals surface area contributed by atoms with E-state index in [0.717, 1.165) is 43.6 Å². The molecule has 1 heterocycles. The van der Waals surface area contributed by atoms with Crippen molar-refractivity contribution in [3.8, 4) is 0 Å². The van der Waals surface area contributed by atoms with Gasteiger partial charge in [0.25, 0.3) is 0 Å². The molecular weight excluding hydrogens is 288 g/mol. The highest BCUT2D eigenvalue weighted by molar-refractivity contribution is 5.97. The lowest BCUT2D eigenvalue weighted by molar-refractivity contribution is -0.121. The van der Waals surface area contributed by atoms with Crippen molar-refractivity contribution >= 4 is 24.1 Å². The lowest BCUT2D eigenvalue weighted by Gasteiger charge is -2.22. The van der Waals surface area contributed by atoms with Gasteiger partial charge in [-0.25, -0.2) is 0 Å². The van der Waals surface area contributed by atoms with Gasteiger partial charge in [0.1, 0.15) is 5.82 Å². The molecule has 1 aromatic heterocycles. The monoisotopic (exact) mass is 314 g/mol. The zero-order valence-electron chi connectivity index (χ0n) is 13.4. The van der Waals surface area contributed by atoms with E-state index in [1.807, 2.05) is 13.1 Å². The molecule has 5 nitrogen and oxygen atoms in total. The molecule has 0 aliphatic heterocycles. The predicted molar refractivity (Wildman–Crippen MR) is 87.6 cm³/mol. The number of nitrogens with one attached hydrogen (secondary N) is 1. The maximum atomic E-state index is 12.3. The zero-order valence-corrected chi connectivity index (χ0v) is 14.2. The number of hydrogen-bond acceptors (Lipinski definition) is 3. The largest absolute Gasteiger partial charge is 0.317 e. The standard InChI is InChI=1S/C15H26N4O.ClH/c1-14(2,3)10-11-9-12(19(4)18-11)17-13(20)15(16)7-5-6-8-15;/h9H,5-8,10,16H2,1-4H3,(H,17,20);1H. The van der Waals surface area contributed by atoms with Crippen LogP contribution in [0.15, 0.2) is 6.07 Å². The summed E-state index contributed by atoms with van der Waals surface area (Å²) in [5.74, 6) is 0.645. The Bertz CT molecular complexity index is 498. The first-order valence-electron chi connectivity index (χ1n) is 7.33. The molecule has 0 saturated heterocycles. The minimum atomic E-state index is -0.700. The SMILES string of the molecule is Cl.Cn1nc(CC(C)(C)C)cc1NC(=O)C1(N)CCCC1. The Balaban J connectivity index is 0.00000220. The third-order valence-electron chi connectivity index (χ3n) is 3.83. The first-order valence-corrected chi connectivity index (χ1v) is 7.33. The lowest BCUT2D eigenvalue weighted by atomic mass is 9.91. The maximum absolute atomic E-state index is 12.3. The average Bonchev–Trinajstić information content (AvgIpc) is 2.85. The van der Waals surface area contributed by atoms with Crippen LogP contribution in [0.25, 0.3) is 0 Å². The summed E-state index contributed by atoms with van der Waals surface area (Å²) in [6, 6.07) is 1.95. The second-order valence-electron chi connectivity index (χ2n) is 7.20. The minimum Gasteiger partial charge on any atom is -0.317 e. The first kappa shape index (κ1) is 18.0. The fraction of sp³-hybridized carbons (Fsp3) is 0.733.